The van der Waals surface area contributed by atoms with E-state index in [0.717, 1.165) is 0 Å². The van der Waals surface area contributed by atoms with Crippen LogP contribution in [0.3, 0.4) is 0 Å². The molecule has 0 N–H and O–H groups in total. The van der Waals surface area contributed by atoms with E-state index in [9.17, 15) is 4.79 Å². The minimum atomic E-state index is -0.773. The molecule has 0 unspecified atom stereocenters. The van der Waals surface area contributed by atoms with E-state index in [-0.39, 0.29) is 15.8 Å². The van der Waals surface area contributed by atoms with Gasteiger partial charge in [-0.2, -0.15) is 0 Å². The molecule has 0 saturated carbocycles. The Bertz CT molecular complexity index is 252. The number of carbonyl (C=O) groups excluding carboxylic acids is 1. The van der Waals surface area contributed by atoms with Gasteiger partial charge in [-0.05, 0) is 18.5 Å². The number of aliphatic imine (C=N–C) groups is 1. The first-order chi connectivity index (χ1) is 5.50. The van der Waals surface area contributed by atoms with Crippen molar-refractivity contribution in [3.8, 4) is 0 Å². The number of carbonyl (C=O) groups is 1. The topological polar surface area (TPSA) is 29.4 Å². The second-order valence-electron chi connectivity index (χ2n) is 1.73. The lowest BCUT2D eigenvalue weighted by Crippen LogP contribution is -1.95. The number of hydrogen-bond acceptors (Lipinski definition) is 2. The largest absolute Gasteiger partial charge is 0.275 e. The van der Waals surface area contributed by atoms with Gasteiger partial charge in [-0.3, -0.25) is 4.79 Å². The van der Waals surface area contributed by atoms with Crippen LogP contribution in [-0.2, 0) is 4.79 Å². The van der Waals surface area contributed by atoms with Crippen LogP contribution in [0.2, 0.25) is 0 Å². The lowest BCUT2D eigenvalue weighted by Gasteiger charge is -1.98. The van der Waals surface area contributed by atoms with Crippen molar-refractivity contribution in [2.45, 2.75) is 6.92 Å². The summed E-state index contributed by atoms with van der Waals surface area (Å²) in [4.78, 5) is 14.3. The quantitative estimate of drug-likeness (QED) is 0.239. The predicted octanol–water partition coefficient (Wildman–Crippen LogP) is 3.05. The Hall–Kier alpha value is -0.310. The second-order valence-corrected chi connectivity index (χ2v) is 2.89. The molecule has 0 spiro atoms. The molecule has 0 heterocycles. The number of allylic oxidation sites excluding steroid dienone is 2. The summed E-state index contributed by atoms with van der Waals surface area (Å²) < 4.78 is 0. The van der Waals surface area contributed by atoms with Gasteiger partial charge < -0.3 is 0 Å². The zero-order valence-electron chi connectivity index (χ0n) is 6.27. The van der Waals surface area contributed by atoms with Crippen molar-refractivity contribution in [2.75, 3.05) is 0 Å². The van der Waals surface area contributed by atoms with Gasteiger partial charge in [0, 0.05) is 11.2 Å². The maximum absolute atomic E-state index is 10.7. The monoisotopic (exact) mass is 225 g/mol. The summed E-state index contributed by atoms with van der Waals surface area (Å²) in [7, 11) is 0. The van der Waals surface area contributed by atoms with Crippen LogP contribution < -0.4 is 0 Å². The van der Waals surface area contributed by atoms with Crippen molar-refractivity contribution in [1.82, 2.24) is 0 Å². The molecule has 0 rings (SSSR count). The molecule has 0 amide bonds. The highest BCUT2D eigenvalue weighted by Gasteiger charge is 2.13. The fraction of sp³-hybridized carbons (Fsp3) is 0.143. The molecule has 2 nitrogen and oxygen atoms in total. The van der Waals surface area contributed by atoms with E-state index in [2.05, 4.69) is 11.6 Å². The fourth-order valence-electron chi connectivity index (χ4n) is 0.478. The van der Waals surface area contributed by atoms with Crippen LogP contribution in [-0.4, -0.2) is 11.5 Å². The molecule has 0 aromatic heterocycles. The predicted molar refractivity (Wildman–Crippen MR) is 52.9 cm³/mol. The van der Waals surface area contributed by atoms with Crippen molar-refractivity contribution in [2.24, 2.45) is 4.99 Å². The van der Waals surface area contributed by atoms with Crippen LogP contribution in [0.25, 0.3) is 0 Å². The van der Waals surface area contributed by atoms with Crippen LogP contribution in [0, 0.1) is 0 Å². The molecule has 0 fully saturated rings. The molecule has 0 radical (unpaired) electrons. The minimum absolute atomic E-state index is 0.0226. The highest BCUT2D eigenvalue weighted by atomic mass is 35.5. The first kappa shape index (κ1) is 11.7. The van der Waals surface area contributed by atoms with Crippen molar-refractivity contribution in [1.29, 1.82) is 0 Å². The van der Waals surface area contributed by atoms with Crippen LogP contribution in [0.15, 0.2) is 27.3 Å². The van der Waals surface area contributed by atoms with E-state index in [4.69, 9.17) is 34.8 Å². The van der Waals surface area contributed by atoms with Crippen LogP contribution >= 0.6 is 34.8 Å². The maximum atomic E-state index is 10.7. The lowest BCUT2D eigenvalue weighted by molar-refractivity contribution is -0.108. The van der Waals surface area contributed by atoms with Gasteiger partial charge in [-0.1, -0.05) is 29.8 Å². The Morgan fingerprint density at radius 3 is 2.17 bits per heavy atom. The SMILES string of the molecule is C=C(Cl)/C(C(=O)Cl)=C(Cl)\N=C/C. The van der Waals surface area contributed by atoms with Crippen LogP contribution in [0.1, 0.15) is 6.92 Å². The average Bonchev–Trinajstić information content (AvgIpc) is 1.85. The van der Waals surface area contributed by atoms with Gasteiger partial charge in [0.15, 0.2) is 0 Å². The lowest BCUT2D eigenvalue weighted by atomic mass is 10.3. The molecule has 0 aliphatic carbocycles. The number of halogens is 3. The minimum Gasteiger partial charge on any atom is -0.275 e. The van der Waals surface area contributed by atoms with E-state index < -0.39 is 5.24 Å². The Balaban J connectivity index is 5.07. The summed E-state index contributed by atoms with van der Waals surface area (Å²) >= 11 is 16.2. The molecule has 66 valence electrons. The van der Waals surface area contributed by atoms with Gasteiger partial charge in [0.05, 0.1) is 5.57 Å². The zero-order chi connectivity index (χ0) is 9.72. The summed E-state index contributed by atoms with van der Waals surface area (Å²) in [5, 5.41) is -0.853. The maximum Gasteiger partial charge on any atom is 0.256 e. The third-order valence-electron chi connectivity index (χ3n) is 0.917. The standard InChI is InChI=1S/C7H6Cl3NO/c1-3-11-6(9)5(4(2)8)7(10)12/h3H,2H2,1H3/b6-5+,11-3-. The molecule has 0 aromatic rings. The van der Waals surface area contributed by atoms with E-state index >= 15 is 0 Å². The molecule has 0 atom stereocenters. The summed E-state index contributed by atoms with van der Waals surface area (Å²) in [6, 6.07) is 0. The molecule has 0 aliphatic rings. The van der Waals surface area contributed by atoms with E-state index in [1.54, 1.807) is 6.92 Å². The highest BCUT2D eigenvalue weighted by Crippen LogP contribution is 2.22. The van der Waals surface area contributed by atoms with Crippen molar-refractivity contribution >= 4 is 46.3 Å². The van der Waals surface area contributed by atoms with Crippen molar-refractivity contribution in [3.05, 3.63) is 22.3 Å². The summed E-state index contributed by atoms with van der Waals surface area (Å²) in [5.74, 6) is 0. The third-order valence-corrected chi connectivity index (χ3v) is 1.58. The normalized spacial score (nSPS) is 13.0. The average molecular weight is 226 g/mol. The summed E-state index contributed by atoms with van der Waals surface area (Å²) in [6.45, 7) is 4.97. The molecule has 0 aliphatic heterocycles. The Kier molecular flexibility index (Phi) is 5.22. The van der Waals surface area contributed by atoms with Gasteiger partial charge in [0.25, 0.3) is 5.24 Å². The first-order valence-corrected chi connectivity index (χ1v) is 4.07. The van der Waals surface area contributed by atoms with Gasteiger partial charge in [-0.15, -0.1) is 0 Å². The second kappa shape index (κ2) is 5.36. The van der Waals surface area contributed by atoms with Gasteiger partial charge in [-0.25, -0.2) is 4.99 Å². The fourth-order valence-corrected chi connectivity index (χ4v) is 1.30. The van der Waals surface area contributed by atoms with Gasteiger partial charge >= 0.3 is 0 Å². The first-order valence-electron chi connectivity index (χ1n) is 2.93. The summed E-state index contributed by atoms with van der Waals surface area (Å²) in [6.07, 6.45) is 1.42. The van der Waals surface area contributed by atoms with E-state index in [1.807, 2.05) is 0 Å². The van der Waals surface area contributed by atoms with E-state index in [0.29, 0.717) is 0 Å². The number of hydrogen-bond donors (Lipinski definition) is 0. The van der Waals surface area contributed by atoms with Gasteiger partial charge in [0.2, 0.25) is 0 Å². The van der Waals surface area contributed by atoms with Gasteiger partial charge in [0.1, 0.15) is 5.16 Å². The summed E-state index contributed by atoms with van der Waals surface area (Å²) in [5.41, 5.74) is -0.0712. The van der Waals surface area contributed by atoms with Crippen LogP contribution in [0.4, 0.5) is 0 Å². The molecular formula is C7H6Cl3NO. The molecular weight excluding hydrogens is 220 g/mol. The molecule has 12 heavy (non-hydrogen) atoms. The molecule has 0 aromatic carbocycles. The molecule has 0 saturated heterocycles. The Morgan fingerprint density at radius 1 is 1.42 bits per heavy atom. The van der Waals surface area contributed by atoms with Crippen LogP contribution in [0.5, 0.6) is 0 Å². The van der Waals surface area contributed by atoms with Crippen molar-refractivity contribution < 1.29 is 4.79 Å². The zero-order valence-corrected chi connectivity index (χ0v) is 8.54. The smallest absolute Gasteiger partial charge is 0.256 e. The molecule has 0 bridgehead atoms. The number of nitrogens with zero attached hydrogens (tertiary/aromatic N) is 1. The highest BCUT2D eigenvalue weighted by molar-refractivity contribution is 6.70. The third kappa shape index (κ3) is 3.39. The molecule has 5 heteroatoms. The Morgan fingerprint density at radius 2 is 1.92 bits per heavy atom. The number of rotatable bonds is 3. The van der Waals surface area contributed by atoms with Crippen molar-refractivity contribution in [3.63, 3.8) is 0 Å². The van der Waals surface area contributed by atoms with E-state index in [1.165, 1.54) is 6.21 Å². The Labute approximate surface area is 85.5 Å².